The number of amides is 1. The fraction of sp³-hybridized carbons (Fsp3) is 0.333. The Labute approximate surface area is 142 Å². The van der Waals surface area contributed by atoms with Gasteiger partial charge < -0.3 is 19.2 Å². The van der Waals surface area contributed by atoms with Crippen LogP contribution in [-0.4, -0.2) is 60.6 Å². The van der Waals surface area contributed by atoms with Gasteiger partial charge >= 0.3 is 0 Å². The third kappa shape index (κ3) is 4.19. The predicted octanol–water partition coefficient (Wildman–Crippen LogP) is 0.574. The van der Waals surface area contributed by atoms with Crippen molar-refractivity contribution in [1.29, 1.82) is 0 Å². The van der Waals surface area contributed by atoms with E-state index in [4.69, 9.17) is 0 Å². The van der Waals surface area contributed by atoms with E-state index < -0.39 is 11.3 Å². The van der Waals surface area contributed by atoms with Gasteiger partial charge in [-0.15, -0.1) is 0 Å². The molecule has 0 saturated carbocycles. The molecule has 1 aliphatic rings. The Kier molecular flexibility index (Phi) is 5.24. The molecular formula is C15H18N5O3S-. The monoisotopic (exact) mass is 348 g/mol. The maximum absolute atomic E-state index is 12.5. The first-order valence-corrected chi connectivity index (χ1v) is 8.64. The van der Waals surface area contributed by atoms with E-state index in [1.54, 1.807) is 30.6 Å². The van der Waals surface area contributed by atoms with Crippen LogP contribution in [0, 0.1) is 0 Å². The number of benzene rings is 1. The maximum atomic E-state index is 12.5. The Hall–Kier alpha value is -2.23. The summed E-state index contributed by atoms with van der Waals surface area (Å²) >= 11 is -2.36. The second-order valence-electron chi connectivity index (χ2n) is 5.56. The Morgan fingerprint density at radius 1 is 1.25 bits per heavy atom. The Bertz CT molecular complexity index is 696. The summed E-state index contributed by atoms with van der Waals surface area (Å²) in [6.07, 6.45) is 3.47. The van der Waals surface area contributed by atoms with E-state index in [9.17, 15) is 13.6 Å². The van der Waals surface area contributed by atoms with Crippen molar-refractivity contribution >= 4 is 22.9 Å². The first-order valence-electron chi connectivity index (χ1n) is 7.56. The van der Waals surface area contributed by atoms with Crippen LogP contribution in [0.5, 0.6) is 0 Å². The number of piperazine rings is 1. The lowest BCUT2D eigenvalue weighted by Crippen LogP contribution is -2.48. The van der Waals surface area contributed by atoms with E-state index >= 15 is 0 Å². The highest BCUT2D eigenvalue weighted by atomic mass is 32.2. The maximum Gasteiger partial charge on any atom is 0.253 e. The van der Waals surface area contributed by atoms with E-state index in [0.29, 0.717) is 24.3 Å². The van der Waals surface area contributed by atoms with Crippen LogP contribution < -0.4 is 4.72 Å². The van der Waals surface area contributed by atoms with Crippen LogP contribution in [0.4, 0.5) is 5.69 Å². The summed E-state index contributed by atoms with van der Waals surface area (Å²) in [5, 5.41) is 0. The van der Waals surface area contributed by atoms with Crippen LogP contribution in [0.25, 0.3) is 0 Å². The molecule has 0 aliphatic carbocycles. The molecular weight excluding hydrogens is 330 g/mol. The molecule has 2 heterocycles. The Morgan fingerprint density at radius 2 is 1.96 bits per heavy atom. The van der Waals surface area contributed by atoms with Gasteiger partial charge in [0.25, 0.3) is 5.91 Å². The third-order valence-corrected chi connectivity index (χ3v) is 4.34. The Morgan fingerprint density at radius 3 is 2.54 bits per heavy atom. The number of rotatable bonds is 5. The van der Waals surface area contributed by atoms with Gasteiger partial charge in [-0.2, -0.15) is 0 Å². The van der Waals surface area contributed by atoms with E-state index in [0.717, 1.165) is 25.3 Å². The minimum Gasteiger partial charge on any atom is -0.755 e. The zero-order valence-electron chi connectivity index (χ0n) is 13.0. The fourth-order valence-corrected chi connectivity index (χ4v) is 3.01. The van der Waals surface area contributed by atoms with Gasteiger partial charge in [-0.05, 0) is 24.3 Å². The van der Waals surface area contributed by atoms with Crippen LogP contribution in [-0.2, 0) is 17.8 Å². The third-order valence-electron chi connectivity index (χ3n) is 3.94. The van der Waals surface area contributed by atoms with Gasteiger partial charge in [-0.3, -0.25) is 13.9 Å². The van der Waals surface area contributed by atoms with Crippen molar-refractivity contribution in [1.82, 2.24) is 19.8 Å². The van der Waals surface area contributed by atoms with Gasteiger partial charge in [-0.25, -0.2) is 4.98 Å². The zero-order valence-corrected chi connectivity index (χ0v) is 13.8. The molecule has 0 bridgehead atoms. The molecule has 3 rings (SSSR count). The number of hydrogen-bond donors (Lipinski definition) is 2. The van der Waals surface area contributed by atoms with Crippen molar-refractivity contribution in [2.45, 2.75) is 6.54 Å². The lowest BCUT2D eigenvalue weighted by molar-refractivity contribution is 0.0627. The molecule has 9 heteroatoms. The second-order valence-corrected chi connectivity index (χ2v) is 6.23. The summed E-state index contributed by atoms with van der Waals surface area (Å²) in [6, 6.07) is 6.43. The standard InChI is InChI=1S/C15H19N5O3S/c21-15(12-1-3-13(4-2-12)18-24(22)23)20-7-5-19(6-8-20)10-14-9-16-11-17-14/h1-4,9,11,18H,5-8,10H2,(H,16,17)(H,22,23)/p-1. The van der Waals surface area contributed by atoms with E-state index in [-0.39, 0.29) is 5.91 Å². The normalized spacial score (nSPS) is 16.8. The van der Waals surface area contributed by atoms with Crippen LogP contribution in [0.3, 0.4) is 0 Å². The van der Waals surface area contributed by atoms with Gasteiger partial charge in [-0.1, -0.05) is 0 Å². The van der Waals surface area contributed by atoms with Crippen LogP contribution in [0.1, 0.15) is 16.1 Å². The van der Waals surface area contributed by atoms with E-state index in [1.807, 2.05) is 11.1 Å². The number of carbonyl (C=O) groups is 1. The molecule has 128 valence electrons. The van der Waals surface area contributed by atoms with Gasteiger partial charge in [0.1, 0.15) is 0 Å². The molecule has 0 spiro atoms. The first-order chi connectivity index (χ1) is 11.6. The molecule has 1 fully saturated rings. The fourth-order valence-electron chi connectivity index (χ4n) is 2.68. The molecule has 1 aromatic heterocycles. The lowest BCUT2D eigenvalue weighted by Gasteiger charge is -2.34. The van der Waals surface area contributed by atoms with Crippen molar-refractivity contribution in [3.63, 3.8) is 0 Å². The molecule has 8 nitrogen and oxygen atoms in total. The van der Waals surface area contributed by atoms with Crippen molar-refractivity contribution < 1.29 is 13.6 Å². The number of aromatic amines is 1. The van der Waals surface area contributed by atoms with Gasteiger partial charge in [0.05, 0.1) is 6.33 Å². The van der Waals surface area contributed by atoms with E-state index in [1.165, 1.54) is 0 Å². The molecule has 1 saturated heterocycles. The van der Waals surface area contributed by atoms with Gasteiger partial charge in [0.2, 0.25) is 0 Å². The van der Waals surface area contributed by atoms with Crippen LogP contribution in [0.15, 0.2) is 36.8 Å². The summed E-state index contributed by atoms with van der Waals surface area (Å²) in [7, 11) is 0. The average molecular weight is 348 g/mol. The molecule has 1 aromatic carbocycles. The minimum atomic E-state index is -2.36. The summed E-state index contributed by atoms with van der Waals surface area (Å²) in [6.45, 7) is 3.74. The summed E-state index contributed by atoms with van der Waals surface area (Å²) < 4.78 is 23.4. The lowest BCUT2D eigenvalue weighted by atomic mass is 10.1. The highest BCUT2D eigenvalue weighted by Gasteiger charge is 2.22. The van der Waals surface area contributed by atoms with E-state index in [2.05, 4.69) is 19.6 Å². The number of H-pyrrole nitrogens is 1. The highest BCUT2D eigenvalue weighted by molar-refractivity contribution is 7.80. The summed E-state index contributed by atoms with van der Waals surface area (Å²) in [5.74, 6) is -0.0361. The summed E-state index contributed by atoms with van der Waals surface area (Å²) in [5.41, 5.74) is 2.05. The number of nitrogens with one attached hydrogen (secondary N) is 2. The molecule has 1 atom stereocenters. The number of imidazole rings is 1. The molecule has 1 aliphatic heterocycles. The molecule has 24 heavy (non-hydrogen) atoms. The minimum absolute atomic E-state index is 0.0361. The van der Waals surface area contributed by atoms with Crippen LogP contribution in [0.2, 0.25) is 0 Å². The second kappa shape index (κ2) is 7.56. The average Bonchev–Trinajstić information content (AvgIpc) is 3.08. The first kappa shape index (κ1) is 16.6. The number of carbonyl (C=O) groups excluding carboxylic acids is 1. The topological polar surface area (TPSA) is 104 Å². The zero-order chi connectivity index (χ0) is 16.9. The molecule has 0 radical (unpaired) electrons. The number of aromatic nitrogens is 2. The number of nitrogens with zero attached hydrogens (tertiary/aromatic N) is 3. The van der Waals surface area contributed by atoms with Crippen molar-refractivity contribution in [2.75, 3.05) is 30.9 Å². The van der Waals surface area contributed by atoms with Crippen LogP contribution >= 0.6 is 0 Å². The molecule has 2 N–H and O–H groups in total. The predicted molar refractivity (Wildman–Crippen MR) is 88.8 cm³/mol. The largest absolute Gasteiger partial charge is 0.755 e. The smallest absolute Gasteiger partial charge is 0.253 e. The number of hydrogen-bond acceptors (Lipinski definition) is 5. The molecule has 2 aromatic rings. The van der Waals surface area contributed by atoms with Crippen molar-refractivity contribution in [2.24, 2.45) is 0 Å². The Balaban J connectivity index is 1.54. The van der Waals surface area contributed by atoms with Crippen molar-refractivity contribution in [3.05, 3.63) is 48.0 Å². The summed E-state index contributed by atoms with van der Waals surface area (Å²) in [4.78, 5) is 23.7. The SMILES string of the molecule is O=C(c1ccc(NS(=O)[O-])cc1)N1CCN(Cc2cnc[nH]2)CC1. The van der Waals surface area contributed by atoms with Crippen molar-refractivity contribution in [3.8, 4) is 0 Å². The molecule has 1 unspecified atom stereocenters. The van der Waals surface area contributed by atoms with Gasteiger partial charge in [0, 0.05) is 67.1 Å². The quantitative estimate of drug-likeness (QED) is 0.769. The van der Waals surface area contributed by atoms with Gasteiger partial charge in [0.15, 0.2) is 0 Å². The molecule has 1 amide bonds. The number of anilines is 1. The highest BCUT2D eigenvalue weighted by Crippen LogP contribution is 2.14.